The van der Waals surface area contributed by atoms with E-state index in [-0.39, 0.29) is 11.5 Å². The fourth-order valence-electron chi connectivity index (χ4n) is 2.54. The van der Waals surface area contributed by atoms with Crippen molar-refractivity contribution in [2.45, 2.75) is 47.9 Å². The molecule has 94 valence electrons. The Morgan fingerprint density at radius 2 is 1.76 bits per heavy atom. The molecule has 1 atom stereocenters. The van der Waals surface area contributed by atoms with E-state index in [1.165, 1.54) is 33.8 Å². The van der Waals surface area contributed by atoms with Crippen LogP contribution in [-0.2, 0) is 5.41 Å². The zero-order valence-electron chi connectivity index (χ0n) is 11.0. The lowest BCUT2D eigenvalue weighted by molar-refractivity contribution is 0.547. The summed E-state index contributed by atoms with van der Waals surface area (Å²) in [4.78, 5) is 2.81. The van der Waals surface area contributed by atoms with Gasteiger partial charge in [-0.05, 0) is 62.5 Å². The van der Waals surface area contributed by atoms with Crippen molar-refractivity contribution in [1.29, 1.82) is 0 Å². The Hall–Kier alpha value is -0.120. The molecule has 0 spiro atoms. The Labute approximate surface area is 113 Å². The largest absolute Gasteiger partial charge is 0.327 e. The minimum absolute atomic E-state index is 0.255. The fraction of sp³-hybridized carbons (Fsp3) is 0.571. The van der Waals surface area contributed by atoms with Crippen LogP contribution in [0, 0.1) is 6.92 Å². The number of benzene rings is 1. The molecule has 0 radical (unpaired) electrons. The molecule has 0 heterocycles. The Morgan fingerprint density at radius 3 is 2.18 bits per heavy atom. The predicted octanol–water partition coefficient (Wildman–Crippen LogP) is 3.82. The molecule has 1 aromatic rings. The van der Waals surface area contributed by atoms with E-state index in [1.807, 2.05) is 23.5 Å². The van der Waals surface area contributed by atoms with Gasteiger partial charge in [0.25, 0.3) is 0 Å². The van der Waals surface area contributed by atoms with Crippen LogP contribution >= 0.6 is 23.5 Å². The maximum absolute atomic E-state index is 6.20. The maximum atomic E-state index is 6.20. The van der Waals surface area contributed by atoms with Crippen molar-refractivity contribution in [2.75, 3.05) is 12.5 Å². The zero-order valence-corrected chi connectivity index (χ0v) is 12.7. The lowest BCUT2D eigenvalue weighted by Gasteiger charge is -2.24. The third-order valence-electron chi connectivity index (χ3n) is 3.91. The van der Waals surface area contributed by atoms with Gasteiger partial charge in [-0.1, -0.05) is 0 Å². The summed E-state index contributed by atoms with van der Waals surface area (Å²) in [6.07, 6.45) is 6.80. The zero-order chi connectivity index (χ0) is 12.6. The molecular weight excluding hydrogens is 246 g/mol. The van der Waals surface area contributed by atoms with Crippen LogP contribution in [0.25, 0.3) is 0 Å². The average molecular weight is 267 g/mol. The minimum Gasteiger partial charge on any atom is -0.327 e. The third kappa shape index (κ3) is 2.25. The highest BCUT2D eigenvalue weighted by atomic mass is 32.2. The van der Waals surface area contributed by atoms with Gasteiger partial charge in [-0.25, -0.2) is 0 Å². The molecular formula is C14H21NS2. The number of rotatable bonds is 4. The second-order valence-corrected chi connectivity index (χ2v) is 6.66. The molecule has 2 rings (SSSR count). The van der Waals surface area contributed by atoms with Crippen LogP contribution in [0.1, 0.15) is 30.9 Å². The van der Waals surface area contributed by atoms with Gasteiger partial charge >= 0.3 is 0 Å². The van der Waals surface area contributed by atoms with Crippen molar-refractivity contribution in [2.24, 2.45) is 5.73 Å². The Balaban J connectivity index is 2.52. The van der Waals surface area contributed by atoms with Crippen LogP contribution in [0.3, 0.4) is 0 Å². The lowest BCUT2D eigenvalue weighted by Crippen LogP contribution is -2.32. The van der Waals surface area contributed by atoms with Gasteiger partial charge in [0.05, 0.1) is 0 Å². The maximum Gasteiger partial charge on any atom is 0.0114 e. The molecule has 0 aliphatic heterocycles. The quantitative estimate of drug-likeness (QED) is 0.840. The summed E-state index contributed by atoms with van der Waals surface area (Å²) in [5.41, 5.74) is 9.32. The standard InChI is InChI=1S/C14H21NS2/c1-9-7-13(17-4)11(8-12(9)16-3)14(5-6-14)10(2)15/h7-8,10H,5-6,15H2,1-4H3. The molecule has 1 nitrogen and oxygen atoms in total. The second-order valence-electron chi connectivity index (χ2n) is 4.97. The summed E-state index contributed by atoms with van der Waals surface area (Å²) >= 11 is 3.68. The van der Waals surface area contributed by atoms with Gasteiger partial charge in [0, 0.05) is 21.2 Å². The van der Waals surface area contributed by atoms with Crippen LogP contribution < -0.4 is 5.73 Å². The third-order valence-corrected chi connectivity index (χ3v) is 5.57. The first-order valence-corrected chi connectivity index (χ1v) is 8.49. The number of aryl methyl sites for hydroxylation is 1. The monoisotopic (exact) mass is 267 g/mol. The molecule has 0 aromatic heterocycles. The van der Waals surface area contributed by atoms with Gasteiger partial charge in [-0.2, -0.15) is 0 Å². The molecule has 1 aliphatic carbocycles. The Kier molecular flexibility index (Phi) is 3.81. The van der Waals surface area contributed by atoms with Crippen LogP contribution in [-0.4, -0.2) is 18.6 Å². The average Bonchev–Trinajstić information content (AvgIpc) is 3.09. The smallest absolute Gasteiger partial charge is 0.0114 e. The molecule has 1 saturated carbocycles. The van der Waals surface area contributed by atoms with Gasteiger partial charge in [0.1, 0.15) is 0 Å². The summed E-state index contributed by atoms with van der Waals surface area (Å²) in [7, 11) is 0. The molecule has 17 heavy (non-hydrogen) atoms. The van der Waals surface area contributed by atoms with Crippen LogP contribution in [0.2, 0.25) is 0 Å². The number of nitrogens with two attached hydrogens (primary N) is 1. The van der Waals surface area contributed by atoms with E-state index >= 15 is 0 Å². The summed E-state index contributed by atoms with van der Waals surface area (Å²) < 4.78 is 0. The summed E-state index contributed by atoms with van der Waals surface area (Å²) in [5, 5.41) is 0. The van der Waals surface area contributed by atoms with Crippen LogP contribution in [0.4, 0.5) is 0 Å². The first-order valence-electron chi connectivity index (χ1n) is 6.04. The Bertz CT molecular complexity index is 422. The normalized spacial score (nSPS) is 19.1. The molecule has 0 saturated heterocycles. The summed E-state index contributed by atoms with van der Waals surface area (Å²) in [5.74, 6) is 0. The summed E-state index contributed by atoms with van der Waals surface area (Å²) in [6, 6.07) is 4.96. The molecule has 2 N–H and O–H groups in total. The molecule has 0 amide bonds. The van der Waals surface area contributed by atoms with Gasteiger partial charge in [-0.3, -0.25) is 0 Å². The van der Waals surface area contributed by atoms with E-state index in [4.69, 9.17) is 5.73 Å². The van der Waals surface area contributed by atoms with E-state index in [0.717, 1.165) is 0 Å². The molecule has 1 aromatic carbocycles. The highest BCUT2D eigenvalue weighted by Gasteiger charge is 2.48. The fourth-order valence-corrected chi connectivity index (χ4v) is 3.94. The highest BCUT2D eigenvalue weighted by molar-refractivity contribution is 7.99. The predicted molar refractivity (Wildman–Crippen MR) is 79.3 cm³/mol. The van der Waals surface area contributed by atoms with Crippen LogP contribution in [0.5, 0.6) is 0 Å². The molecule has 1 fully saturated rings. The minimum atomic E-state index is 0.255. The van der Waals surface area contributed by atoms with Gasteiger partial charge in [0.15, 0.2) is 0 Å². The molecule has 1 unspecified atom stereocenters. The number of hydrogen-bond donors (Lipinski definition) is 1. The lowest BCUT2D eigenvalue weighted by atomic mass is 9.89. The summed E-state index contributed by atoms with van der Waals surface area (Å²) in [6.45, 7) is 4.34. The van der Waals surface area contributed by atoms with Crippen molar-refractivity contribution in [3.63, 3.8) is 0 Å². The van der Waals surface area contributed by atoms with Gasteiger partial charge in [-0.15, -0.1) is 23.5 Å². The van der Waals surface area contributed by atoms with Crippen molar-refractivity contribution in [1.82, 2.24) is 0 Å². The van der Waals surface area contributed by atoms with Crippen LogP contribution in [0.15, 0.2) is 21.9 Å². The van der Waals surface area contributed by atoms with Gasteiger partial charge in [0.2, 0.25) is 0 Å². The number of hydrogen-bond acceptors (Lipinski definition) is 3. The van der Waals surface area contributed by atoms with E-state index in [0.29, 0.717) is 0 Å². The van der Waals surface area contributed by atoms with Crippen molar-refractivity contribution in [3.8, 4) is 0 Å². The van der Waals surface area contributed by atoms with Crippen molar-refractivity contribution >= 4 is 23.5 Å². The van der Waals surface area contributed by atoms with Gasteiger partial charge < -0.3 is 5.73 Å². The van der Waals surface area contributed by atoms with E-state index < -0.39 is 0 Å². The van der Waals surface area contributed by atoms with E-state index in [2.05, 4.69) is 38.5 Å². The first kappa shape index (κ1) is 13.3. The highest BCUT2D eigenvalue weighted by Crippen LogP contribution is 2.53. The van der Waals surface area contributed by atoms with E-state index in [1.54, 1.807) is 0 Å². The number of thioether (sulfide) groups is 2. The van der Waals surface area contributed by atoms with E-state index in [9.17, 15) is 0 Å². The van der Waals surface area contributed by atoms with Crippen molar-refractivity contribution in [3.05, 3.63) is 23.3 Å². The molecule has 1 aliphatic rings. The second kappa shape index (κ2) is 4.87. The Morgan fingerprint density at radius 1 is 1.18 bits per heavy atom. The SMILES string of the molecule is CSc1cc(C2(C(C)N)CC2)c(SC)cc1C. The topological polar surface area (TPSA) is 26.0 Å². The first-order chi connectivity index (χ1) is 8.05. The van der Waals surface area contributed by atoms with Crippen molar-refractivity contribution < 1.29 is 0 Å². The molecule has 0 bridgehead atoms. The molecule has 3 heteroatoms.